The van der Waals surface area contributed by atoms with Gasteiger partial charge in [0.15, 0.2) is 0 Å². The van der Waals surface area contributed by atoms with E-state index in [4.69, 9.17) is 0 Å². The Balaban J connectivity index is 1.78. The quantitative estimate of drug-likeness (QED) is 0.641. The molecule has 3 aromatic rings. The van der Waals surface area contributed by atoms with Crippen LogP contribution in [0.1, 0.15) is 25.2 Å². The molecule has 0 saturated heterocycles. The first-order chi connectivity index (χ1) is 13.2. The van der Waals surface area contributed by atoms with Gasteiger partial charge in [-0.1, -0.05) is 23.8 Å². The summed E-state index contributed by atoms with van der Waals surface area (Å²) in [5.74, 6) is 0. The highest BCUT2D eigenvalue weighted by molar-refractivity contribution is 7.96. The zero-order valence-corrected chi connectivity index (χ0v) is 17.6. The molecular formula is C20H25N5O2S. The Morgan fingerprint density at radius 3 is 2.57 bits per heavy atom. The minimum absolute atomic E-state index is 0.241. The highest BCUT2D eigenvalue weighted by atomic mass is 32.2. The standard InChI is InChI=1S/C20H25N5O2S/c1-14(12-25-13-21-18-8-6-7-9-19(18)25)10-11-15(2)28(26,27)23-20-16(3)22-24(5)17(20)4/h6-11,13,23H,12H2,1-5H3/b14-10+,15-11+. The van der Waals surface area contributed by atoms with E-state index in [0.717, 1.165) is 22.3 Å². The summed E-state index contributed by atoms with van der Waals surface area (Å²) < 4.78 is 31.7. The van der Waals surface area contributed by atoms with E-state index < -0.39 is 10.0 Å². The van der Waals surface area contributed by atoms with E-state index in [1.54, 1.807) is 38.0 Å². The summed E-state index contributed by atoms with van der Waals surface area (Å²) in [5.41, 5.74) is 4.96. The van der Waals surface area contributed by atoms with Gasteiger partial charge in [-0.25, -0.2) is 13.4 Å². The van der Waals surface area contributed by atoms with Crippen LogP contribution in [0.5, 0.6) is 0 Å². The summed E-state index contributed by atoms with van der Waals surface area (Å²) in [4.78, 5) is 4.62. The molecule has 0 unspecified atom stereocenters. The summed E-state index contributed by atoms with van der Waals surface area (Å²) in [6.07, 6.45) is 5.24. The van der Waals surface area contributed by atoms with Crippen molar-refractivity contribution in [3.63, 3.8) is 0 Å². The number of sulfonamides is 1. The fraction of sp³-hybridized carbons (Fsp3) is 0.300. The molecule has 0 aliphatic carbocycles. The number of nitrogens with one attached hydrogen (secondary N) is 1. The van der Waals surface area contributed by atoms with Gasteiger partial charge in [-0.15, -0.1) is 0 Å². The van der Waals surface area contributed by atoms with Gasteiger partial charge in [0.05, 0.1) is 39.3 Å². The Morgan fingerprint density at radius 1 is 1.18 bits per heavy atom. The molecule has 0 fully saturated rings. The van der Waals surface area contributed by atoms with Crippen molar-refractivity contribution in [3.05, 3.63) is 64.6 Å². The molecule has 8 heteroatoms. The first-order valence-electron chi connectivity index (χ1n) is 8.96. The molecule has 0 atom stereocenters. The lowest BCUT2D eigenvalue weighted by atomic mass is 10.2. The van der Waals surface area contributed by atoms with Crippen LogP contribution in [-0.2, 0) is 23.6 Å². The lowest BCUT2D eigenvalue weighted by Gasteiger charge is -2.09. The van der Waals surface area contributed by atoms with Crippen LogP contribution in [0.25, 0.3) is 11.0 Å². The van der Waals surface area contributed by atoms with Crippen LogP contribution in [0.4, 0.5) is 5.69 Å². The summed E-state index contributed by atoms with van der Waals surface area (Å²) in [6.45, 7) is 7.80. The van der Waals surface area contributed by atoms with Crippen LogP contribution in [0.3, 0.4) is 0 Å². The number of nitrogens with zero attached hydrogens (tertiary/aromatic N) is 4. The molecule has 0 aliphatic heterocycles. The van der Waals surface area contributed by atoms with E-state index in [1.165, 1.54) is 0 Å². The topological polar surface area (TPSA) is 81.8 Å². The Kier molecular flexibility index (Phi) is 5.42. The molecule has 1 aromatic carbocycles. The van der Waals surface area contributed by atoms with Crippen LogP contribution in [-0.4, -0.2) is 27.7 Å². The molecule has 2 aromatic heterocycles. The van der Waals surface area contributed by atoms with Crippen molar-refractivity contribution >= 4 is 26.7 Å². The number of imidazole rings is 1. The number of benzene rings is 1. The Labute approximate surface area is 165 Å². The van der Waals surface area contributed by atoms with Crippen LogP contribution in [0, 0.1) is 13.8 Å². The summed E-state index contributed by atoms with van der Waals surface area (Å²) in [5, 5.41) is 4.24. The summed E-state index contributed by atoms with van der Waals surface area (Å²) >= 11 is 0. The number of para-hydroxylation sites is 2. The van der Waals surface area contributed by atoms with Crippen molar-refractivity contribution in [2.45, 2.75) is 34.2 Å². The van der Waals surface area contributed by atoms with Crippen molar-refractivity contribution in [2.24, 2.45) is 7.05 Å². The third kappa shape index (κ3) is 4.01. The Bertz CT molecular complexity index is 1180. The van der Waals surface area contributed by atoms with Crippen LogP contribution in [0.2, 0.25) is 0 Å². The smallest absolute Gasteiger partial charge is 0.257 e. The predicted octanol–water partition coefficient (Wildman–Crippen LogP) is 3.68. The van der Waals surface area contributed by atoms with Crippen molar-refractivity contribution in [2.75, 3.05) is 4.72 Å². The normalized spacial score (nSPS) is 13.3. The molecule has 0 aliphatic rings. The molecule has 0 spiro atoms. The highest BCUT2D eigenvalue weighted by Gasteiger charge is 2.18. The van der Waals surface area contributed by atoms with Crippen LogP contribution >= 0.6 is 0 Å². The molecule has 3 rings (SSSR count). The van der Waals surface area contributed by atoms with E-state index in [-0.39, 0.29) is 4.91 Å². The maximum Gasteiger partial charge on any atom is 0.257 e. The fourth-order valence-electron chi connectivity index (χ4n) is 2.94. The minimum Gasteiger partial charge on any atom is -0.326 e. The van der Waals surface area contributed by atoms with E-state index >= 15 is 0 Å². The van der Waals surface area contributed by atoms with Gasteiger partial charge in [0, 0.05) is 13.6 Å². The minimum atomic E-state index is -3.64. The van der Waals surface area contributed by atoms with Crippen LogP contribution in [0.15, 0.2) is 53.2 Å². The van der Waals surface area contributed by atoms with Gasteiger partial charge in [-0.3, -0.25) is 9.40 Å². The third-order valence-electron chi connectivity index (χ3n) is 4.72. The van der Waals surface area contributed by atoms with Crippen LogP contribution < -0.4 is 4.72 Å². The van der Waals surface area contributed by atoms with Gasteiger partial charge in [0.25, 0.3) is 10.0 Å². The second kappa shape index (κ2) is 7.63. The molecule has 28 heavy (non-hydrogen) atoms. The largest absolute Gasteiger partial charge is 0.326 e. The molecule has 0 saturated carbocycles. The number of rotatable bonds is 6. The zero-order chi connectivity index (χ0) is 20.5. The average molecular weight is 400 g/mol. The molecule has 0 amide bonds. The number of fused-ring (bicyclic) bond motifs is 1. The number of anilines is 1. The van der Waals surface area contributed by atoms with E-state index in [1.807, 2.05) is 48.8 Å². The van der Waals surface area contributed by atoms with Crippen molar-refractivity contribution in [1.29, 1.82) is 0 Å². The summed E-state index contributed by atoms with van der Waals surface area (Å²) in [6, 6.07) is 7.92. The highest BCUT2D eigenvalue weighted by Crippen LogP contribution is 2.22. The molecule has 148 valence electrons. The SMILES string of the molecule is C/C(=C\C=C(/C)S(=O)(=O)Nc1c(C)nn(C)c1C)Cn1cnc2ccccc21. The van der Waals surface area contributed by atoms with E-state index in [2.05, 4.69) is 14.8 Å². The maximum absolute atomic E-state index is 12.7. The van der Waals surface area contributed by atoms with Gasteiger partial charge in [-0.2, -0.15) is 5.10 Å². The molecule has 0 radical (unpaired) electrons. The number of aromatic nitrogens is 4. The lowest BCUT2D eigenvalue weighted by Crippen LogP contribution is -2.14. The van der Waals surface area contributed by atoms with Crippen molar-refractivity contribution in [1.82, 2.24) is 19.3 Å². The summed E-state index contributed by atoms with van der Waals surface area (Å²) in [7, 11) is -1.86. The molecule has 2 heterocycles. The first-order valence-corrected chi connectivity index (χ1v) is 10.4. The van der Waals surface area contributed by atoms with Gasteiger partial charge < -0.3 is 4.57 Å². The Hall–Kier alpha value is -2.87. The molecular weight excluding hydrogens is 374 g/mol. The number of aryl methyl sites for hydroxylation is 2. The predicted molar refractivity (Wildman–Crippen MR) is 112 cm³/mol. The van der Waals surface area contributed by atoms with Gasteiger partial charge in [0.2, 0.25) is 0 Å². The number of allylic oxidation sites excluding steroid dienone is 4. The lowest BCUT2D eigenvalue weighted by molar-refractivity contribution is 0.607. The van der Waals surface area contributed by atoms with Crippen molar-refractivity contribution < 1.29 is 8.42 Å². The van der Waals surface area contributed by atoms with Gasteiger partial charge in [0.1, 0.15) is 0 Å². The van der Waals surface area contributed by atoms with E-state index in [9.17, 15) is 8.42 Å². The number of hydrogen-bond donors (Lipinski definition) is 1. The number of hydrogen-bond acceptors (Lipinski definition) is 4. The third-order valence-corrected chi connectivity index (χ3v) is 6.18. The fourth-order valence-corrected chi connectivity index (χ4v) is 3.92. The first kappa shape index (κ1) is 19.9. The zero-order valence-electron chi connectivity index (χ0n) is 16.8. The van der Waals surface area contributed by atoms with Crippen molar-refractivity contribution in [3.8, 4) is 0 Å². The molecule has 0 bridgehead atoms. The van der Waals surface area contributed by atoms with Gasteiger partial charge >= 0.3 is 0 Å². The molecule has 1 N–H and O–H groups in total. The second-order valence-corrected chi connectivity index (χ2v) is 8.78. The Morgan fingerprint density at radius 2 is 1.89 bits per heavy atom. The van der Waals surface area contributed by atoms with Gasteiger partial charge in [-0.05, 0) is 45.9 Å². The van der Waals surface area contributed by atoms with E-state index in [0.29, 0.717) is 17.9 Å². The monoisotopic (exact) mass is 399 g/mol. The molecule has 7 nitrogen and oxygen atoms in total. The average Bonchev–Trinajstić information content (AvgIpc) is 3.15. The second-order valence-electron chi connectivity index (χ2n) is 6.93. The maximum atomic E-state index is 12.7.